The average Bonchev–Trinajstić information content (AvgIpc) is 3.21. The van der Waals surface area contributed by atoms with Crippen molar-refractivity contribution in [1.82, 2.24) is 24.5 Å². The van der Waals surface area contributed by atoms with Crippen LogP contribution in [0.1, 0.15) is 28.7 Å². The third-order valence-corrected chi connectivity index (χ3v) is 5.29. The third-order valence-electron chi connectivity index (χ3n) is 5.29. The Balaban J connectivity index is 1.68. The van der Waals surface area contributed by atoms with E-state index < -0.39 is 0 Å². The van der Waals surface area contributed by atoms with Crippen LogP contribution in [0.2, 0.25) is 0 Å². The predicted molar refractivity (Wildman–Crippen MR) is 119 cm³/mol. The SMILES string of the molecule is COc1ccccc1C(Nc1ccc(-c2nc(C)c(C)c(=O)[nH]2)cn1)c1nccn1C. The molecule has 8 heteroatoms. The number of para-hydroxylation sites is 1. The summed E-state index contributed by atoms with van der Waals surface area (Å²) in [4.78, 5) is 28.4. The number of benzene rings is 1. The van der Waals surface area contributed by atoms with E-state index in [1.54, 1.807) is 26.4 Å². The van der Waals surface area contributed by atoms with E-state index in [9.17, 15) is 4.79 Å². The lowest BCUT2D eigenvalue weighted by atomic mass is 10.0. The van der Waals surface area contributed by atoms with E-state index in [-0.39, 0.29) is 11.6 Å². The molecule has 4 aromatic rings. The van der Waals surface area contributed by atoms with Crippen molar-refractivity contribution in [2.24, 2.45) is 7.05 Å². The third kappa shape index (κ3) is 4.05. The first kappa shape index (κ1) is 20.3. The molecule has 0 aliphatic carbocycles. The number of nitrogens with one attached hydrogen (secondary N) is 2. The Labute approximate surface area is 180 Å². The lowest BCUT2D eigenvalue weighted by Crippen LogP contribution is -2.18. The van der Waals surface area contributed by atoms with Crippen molar-refractivity contribution in [3.8, 4) is 17.1 Å². The highest BCUT2D eigenvalue weighted by atomic mass is 16.5. The molecule has 0 saturated heterocycles. The standard InChI is InChI=1S/C23H24N6O2/c1-14-15(2)26-21(28-23(14)30)16-9-10-19(25-13-16)27-20(22-24-11-12-29(22)3)17-7-5-6-8-18(17)31-4/h5-13,20H,1-4H3,(H,25,27)(H,26,28,30). The van der Waals surface area contributed by atoms with Crippen LogP contribution >= 0.6 is 0 Å². The fourth-order valence-corrected chi connectivity index (χ4v) is 3.39. The number of aromatic amines is 1. The van der Waals surface area contributed by atoms with Crippen LogP contribution in [-0.4, -0.2) is 31.6 Å². The Kier molecular flexibility index (Phi) is 5.53. The quantitative estimate of drug-likeness (QED) is 0.500. The van der Waals surface area contributed by atoms with E-state index in [0.717, 1.165) is 22.7 Å². The van der Waals surface area contributed by atoms with Gasteiger partial charge >= 0.3 is 0 Å². The number of hydrogen-bond acceptors (Lipinski definition) is 6. The summed E-state index contributed by atoms with van der Waals surface area (Å²) >= 11 is 0. The van der Waals surface area contributed by atoms with Gasteiger partial charge in [0.2, 0.25) is 0 Å². The Morgan fingerprint density at radius 1 is 1.13 bits per heavy atom. The summed E-state index contributed by atoms with van der Waals surface area (Å²) in [6.07, 6.45) is 5.35. The number of rotatable bonds is 6. The van der Waals surface area contributed by atoms with Gasteiger partial charge in [-0.1, -0.05) is 18.2 Å². The molecule has 31 heavy (non-hydrogen) atoms. The van der Waals surface area contributed by atoms with Gasteiger partial charge in [0, 0.05) is 48.0 Å². The van der Waals surface area contributed by atoms with Crippen LogP contribution < -0.4 is 15.6 Å². The van der Waals surface area contributed by atoms with Gasteiger partial charge in [-0.05, 0) is 32.0 Å². The number of ether oxygens (including phenoxy) is 1. The molecule has 0 amide bonds. The largest absolute Gasteiger partial charge is 0.496 e. The molecule has 1 unspecified atom stereocenters. The van der Waals surface area contributed by atoms with Crippen LogP contribution in [0.25, 0.3) is 11.4 Å². The lowest BCUT2D eigenvalue weighted by molar-refractivity contribution is 0.408. The molecule has 0 radical (unpaired) electrons. The van der Waals surface area contributed by atoms with Crippen molar-refractivity contribution in [2.45, 2.75) is 19.9 Å². The van der Waals surface area contributed by atoms with E-state index in [1.165, 1.54) is 0 Å². The highest BCUT2D eigenvalue weighted by Gasteiger charge is 2.22. The van der Waals surface area contributed by atoms with Crippen molar-refractivity contribution >= 4 is 5.82 Å². The van der Waals surface area contributed by atoms with Crippen LogP contribution in [-0.2, 0) is 7.05 Å². The number of nitrogens with zero attached hydrogens (tertiary/aromatic N) is 4. The van der Waals surface area contributed by atoms with E-state index in [1.807, 2.05) is 61.1 Å². The maximum absolute atomic E-state index is 12.1. The summed E-state index contributed by atoms with van der Waals surface area (Å²) in [5, 5.41) is 3.46. The molecule has 1 atom stereocenters. The molecule has 2 N–H and O–H groups in total. The van der Waals surface area contributed by atoms with Crippen molar-refractivity contribution in [3.05, 3.63) is 88.0 Å². The first-order chi connectivity index (χ1) is 15.0. The number of pyridine rings is 1. The van der Waals surface area contributed by atoms with Gasteiger partial charge in [-0.25, -0.2) is 15.0 Å². The van der Waals surface area contributed by atoms with Gasteiger partial charge in [-0.15, -0.1) is 0 Å². The Morgan fingerprint density at radius 2 is 1.94 bits per heavy atom. The van der Waals surface area contributed by atoms with Gasteiger partial charge in [0.05, 0.1) is 7.11 Å². The molecule has 0 spiro atoms. The van der Waals surface area contributed by atoms with E-state index in [0.29, 0.717) is 22.9 Å². The lowest BCUT2D eigenvalue weighted by Gasteiger charge is -2.21. The predicted octanol–water partition coefficient (Wildman–Crippen LogP) is 3.39. The molecular formula is C23H24N6O2. The van der Waals surface area contributed by atoms with E-state index in [2.05, 4.69) is 25.3 Å². The highest BCUT2D eigenvalue weighted by Crippen LogP contribution is 2.31. The Hall–Kier alpha value is -3.94. The molecule has 0 saturated carbocycles. The van der Waals surface area contributed by atoms with Crippen molar-refractivity contribution in [2.75, 3.05) is 12.4 Å². The monoisotopic (exact) mass is 416 g/mol. The summed E-state index contributed by atoms with van der Waals surface area (Å²) < 4.78 is 7.53. The number of aryl methyl sites for hydroxylation is 2. The highest BCUT2D eigenvalue weighted by molar-refractivity contribution is 5.57. The zero-order valence-electron chi connectivity index (χ0n) is 17.9. The van der Waals surface area contributed by atoms with Gasteiger partial charge in [-0.3, -0.25) is 4.79 Å². The minimum atomic E-state index is -0.269. The summed E-state index contributed by atoms with van der Waals surface area (Å²) in [7, 11) is 3.60. The average molecular weight is 416 g/mol. The van der Waals surface area contributed by atoms with Gasteiger partial charge in [0.15, 0.2) is 0 Å². The summed E-state index contributed by atoms with van der Waals surface area (Å²) in [5.74, 6) is 2.75. The second-order valence-electron chi connectivity index (χ2n) is 7.27. The molecule has 0 bridgehead atoms. The molecule has 158 valence electrons. The smallest absolute Gasteiger partial charge is 0.254 e. The minimum Gasteiger partial charge on any atom is -0.496 e. The first-order valence-electron chi connectivity index (χ1n) is 9.88. The van der Waals surface area contributed by atoms with Gasteiger partial charge < -0.3 is 19.6 Å². The number of H-pyrrole nitrogens is 1. The molecule has 0 fully saturated rings. The molecule has 3 heterocycles. The van der Waals surface area contributed by atoms with Crippen LogP contribution in [0, 0.1) is 13.8 Å². The van der Waals surface area contributed by atoms with Gasteiger partial charge in [0.25, 0.3) is 5.56 Å². The Bertz CT molecular complexity index is 1260. The van der Waals surface area contributed by atoms with Crippen molar-refractivity contribution in [1.29, 1.82) is 0 Å². The zero-order valence-corrected chi connectivity index (χ0v) is 17.9. The minimum absolute atomic E-state index is 0.143. The second kappa shape index (κ2) is 8.43. The fourth-order valence-electron chi connectivity index (χ4n) is 3.39. The van der Waals surface area contributed by atoms with E-state index in [4.69, 9.17) is 4.74 Å². The van der Waals surface area contributed by atoms with Crippen LogP contribution in [0.5, 0.6) is 5.75 Å². The Morgan fingerprint density at radius 3 is 2.58 bits per heavy atom. The zero-order chi connectivity index (χ0) is 22.0. The first-order valence-corrected chi connectivity index (χ1v) is 9.88. The molecular weight excluding hydrogens is 392 g/mol. The maximum atomic E-state index is 12.1. The summed E-state index contributed by atoms with van der Waals surface area (Å²) in [5.41, 5.74) is 2.86. The normalized spacial score (nSPS) is 11.9. The van der Waals surface area contributed by atoms with Crippen LogP contribution in [0.15, 0.2) is 59.8 Å². The topological polar surface area (TPSA) is 97.7 Å². The van der Waals surface area contributed by atoms with E-state index >= 15 is 0 Å². The van der Waals surface area contributed by atoms with Crippen molar-refractivity contribution in [3.63, 3.8) is 0 Å². The second-order valence-corrected chi connectivity index (χ2v) is 7.27. The van der Waals surface area contributed by atoms with Gasteiger partial charge in [-0.2, -0.15) is 0 Å². The number of hydrogen-bond donors (Lipinski definition) is 2. The molecule has 0 aliphatic rings. The number of aromatic nitrogens is 5. The number of anilines is 1. The maximum Gasteiger partial charge on any atom is 0.254 e. The van der Waals surface area contributed by atoms with Crippen molar-refractivity contribution < 1.29 is 4.74 Å². The molecule has 3 aromatic heterocycles. The summed E-state index contributed by atoms with van der Waals surface area (Å²) in [6, 6.07) is 11.3. The fraction of sp³-hybridized carbons (Fsp3) is 0.217. The summed E-state index contributed by atoms with van der Waals surface area (Å²) in [6.45, 7) is 3.58. The number of imidazole rings is 1. The molecule has 0 aliphatic heterocycles. The molecule has 1 aromatic carbocycles. The number of methoxy groups -OCH3 is 1. The molecule has 8 nitrogen and oxygen atoms in total. The molecule has 4 rings (SSSR count). The van der Waals surface area contributed by atoms with Gasteiger partial charge in [0.1, 0.15) is 29.3 Å². The van der Waals surface area contributed by atoms with Crippen LogP contribution in [0.3, 0.4) is 0 Å². The van der Waals surface area contributed by atoms with Crippen LogP contribution in [0.4, 0.5) is 5.82 Å².